The molecule has 1 aliphatic carbocycles. The second-order valence-corrected chi connectivity index (χ2v) is 6.46. The van der Waals surface area contributed by atoms with Crippen LogP contribution < -0.4 is 5.32 Å². The number of aromatic nitrogens is 3. The van der Waals surface area contributed by atoms with Gasteiger partial charge in [-0.2, -0.15) is 0 Å². The van der Waals surface area contributed by atoms with Crippen LogP contribution in [0.1, 0.15) is 38.5 Å². The van der Waals surface area contributed by atoms with Gasteiger partial charge in [-0.25, -0.2) is 0 Å². The summed E-state index contributed by atoms with van der Waals surface area (Å²) in [6.07, 6.45) is 10.3. The third-order valence-corrected chi connectivity index (χ3v) is 4.85. The van der Waals surface area contributed by atoms with Crippen LogP contribution in [0, 0.1) is 0 Å². The van der Waals surface area contributed by atoms with Gasteiger partial charge in [-0.15, -0.1) is 10.2 Å². The highest BCUT2D eigenvalue weighted by Crippen LogP contribution is 2.18. The third kappa shape index (κ3) is 3.52. The van der Waals surface area contributed by atoms with Crippen LogP contribution in [0.2, 0.25) is 0 Å². The number of pyridine rings is 1. The van der Waals surface area contributed by atoms with Crippen LogP contribution in [-0.4, -0.2) is 32.9 Å². The van der Waals surface area contributed by atoms with E-state index in [2.05, 4.69) is 19.9 Å². The van der Waals surface area contributed by atoms with Gasteiger partial charge in [0.2, 0.25) is 0 Å². The minimum absolute atomic E-state index is 0.730. The monoisotopic (exact) mass is 290 g/mol. The van der Waals surface area contributed by atoms with E-state index in [1.54, 1.807) is 11.8 Å². The number of fused-ring (bicyclic) bond motifs is 1. The first-order valence-electron chi connectivity index (χ1n) is 7.59. The van der Waals surface area contributed by atoms with Gasteiger partial charge in [-0.1, -0.05) is 43.5 Å². The van der Waals surface area contributed by atoms with Crippen molar-refractivity contribution in [3.8, 4) is 0 Å². The molecule has 4 nitrogen and oxygen atoms in total. The largest absolute Gasteiger partial charge is 0.313 e. The van der Waals surface area contributed by atoms with Crippen molar-refractivity contribution < 1.29 is 0 Å². The van der Waals surface area contributed by atoms with Crippen LogP contribution >= 0.6 is 11.8 Å². The highest BCUT2D eigenvalue weighted by molar-refractivity contribution is 7.99. The summed E-state index contributed by atoms with van der Waals surface area (Å²) in [6.45, 7) is 1.05. The highest BCUT2D eigenvalue weighted by atomic mass is 32.2. The second-order valence-electron chi connectivity index (χ2n) is 5.40. The summed E-state index contributed by atoms with van der Waals surface area (Å²) >= 11 is 1.78. The molecule has 5 heteroatoms. The normalized spacial score (nSPS) is 17.4. The summed E-state index contributed by atoms with van der Waals surface area (Å²) < 4.78 is 2.05. The topological polar surface area (TPSA) is 42.2 Å². The van der Waals surface area contributed by atoms with E-state index in [1.807, 2.05) is 24.4 Å². The lowest BCUT2D eigenvalue weighted by atomic mass is 10.1. The number of hydrogen-bond acceptors (Lipinski definition) is 4. The van der Waals surface area contributed by atoms with Crippen molar-refractivity contribution in [1.82, 2.24) is 19.9 Å². The summed E-state index contributed by atoms with van der Waals surface area (Å²) in [6, 6.07) is 6.73. The standard InChI is InChI=1S/C15H22N4S/c1-2-4-8-13(7-3-1)16-10-12-20-15-18-17-14-9-5-6-11-19(14)15/h5-6,9,11,13,16H,1-4,7-8,10,12H2. The lowest BCUT2D eigenvalue weighted by Gasteiger charge is -2.15. The molecule has 0 aromatic carbocycles. The number of hydrogen-bond donors (Lipinski definition) is 1. The maximum absolute atomic E-state index is 4.24. The molecule has 0 unspecified atom stereocenters. The van der Waals surface area contributed by atoms with Crippen LogP contribution in [0.4, 0.5) is 0 Å². The zero-order chi connectivity index (χ0) is 13.6. The summed E-state index contributed by atoms with van der Waals surface area (Å²) in [5.74, 6) is 1.05. The fourth-order valence-electron chi connectivity index (χ4n) is 2.81. The van der Waals surface area contributed by atoms with E-state index >= 15 is 0 Å². The molecular formula is C15H22N4S. The van der Waals surface area contributed by atoms with Gasteiger partial charge in [0, 0.05) is 24.5 Å². The molecule has 1 fully saturated rings. The van der Waals surface area contributed by atoms with Crippen molar-refractivity contribution >= 4 is 17.4 Å². The maximum atomic E-state index is 4.24. The molecule has 2 aromatic heterocycles. The molecule has 0 saturated heterocycles. The van der Waals surface area contributed by atoms with Crippen LogP contribution in [0.3, 0.4) is 0 Å². The van der Waals surface area contributed by atoms with Gasteiger partial charge in [0.05, 0.1) is 0 Å². The van der Waals surface area contributed by atoms with E-state index in [9.17, 15) is 0 Å². The molecule has 108 valence electrons. The van der Waals surface area contributed by atoms with Crippen LogP contribution in [0.5, 0.6) is 0 Å². The van der Waals surface area contributed by atoms with E-state index in [0.29, 0.717) is 0 Å². The van der Waals surface area contributed by atoms with Crippen LogP contribution in [0.25, 0.3) is 5.65 Å². The minimum atomic E-state index is 0.730. The van der Waals surface area contributed by atoms with E-state index < -0.39 is 0 Å². The number of nitrogens with one attached hydrogen (secondary N) is 1. The average molecular weight is 290 g/mol. The number of rotatable bonds is 5. The molecule has 1 N–H and O–H groups in total. The number of nitrogens with zero attached hydrogens (tertiary/aromatic N) is 3. The molecular weight excluding hydrogens is 268 g/mol. The fourth-order valence-corrected chi connectivity index (χ4v) is 3.60. The molecule has 2 heterocycles. The van der Waals surface area contributed by atoms with Crippen molar-refractivity contribution in [2.75, 3.05) is 12.3 Å². The minimum Gasteiger partial charge on any atom is -0.313 e. The fraction of sp³-hybridized carbons (Fsp3) is 0.600. The summed E-state index contributed by atoms with van der Waals surface area (Å²) in [5.41, 5.74) is 0.923. The zero-order valence-electron chi connectivity index (χ0n) is 11.8. The molecule has 1 saturated carbocycles. The van der Waals surface area contributed by atoms with E-state index in [1.165, 1.54) is 38.5 Å². The lowest BCUT2D eigenvalue weighted by molar-refractivity contribution is 0.474. The first-order valence-corrected chi connectivity index (χ1v) is 8.58. The molecule has 0 bridgehead atoms. The molecule has 0 aliphatic heterocycles. The van der Waals surface area contributed by atoms with Gasteiger partial charge in [0.25, 0.3) is 0 Å². The predicted octanol–water partition coefficient (Wildman–Crippen LogP) is 3.13. The smallest absolute Gasteiger partial charge is 0.195 e. The molecule has 3 rings (SSSR count). The molecule has 2 aromatic rings. The number of thioether (sulfide) groups is 1. The molecule has 0 amide bonds. The average Bonchev–Trinajstić information content (AvgIpc) is 2.71. The summed E-state index contributed by atoms with van der Waals surface area (Å²) in [5, 5.41) is 13.1. The molecule has 20 heavy (non-hydrogen) atoms. The Morgan fingerprint density at radius 2 is 2.00 bits per heavy atom. The third-order valence-electron chi connectivity index (χ3n) is 3.90. The second kappa shape index (κ2) is 7.09. The van der Waals surface area contributed by atoms with E-state index in [0.717, 1.165) is 29.1 Å². The van der Waals surface area contributed by atoms with Crippen molar-refractivity contribution in [3.63, 3.8) is 0 Å². The Kier molecular flexibility index (Phi) is 4.92. The zero-order valence-corrected chi connectivity index (χ0v) is 12.6. The van der Waals surface area contributed by atoms with Crippen molar-refractivity contribution in [3.05, 3.63) is 24.4 Å². The van der Waals surface area contributed by atoms with Crippen molar-refractivity contribution in [1.29, 1.82) is 0 Å². The van der Waals surface area contributed by atoms with Crippen molar-refractivity contribution in [2.24, 2.45) is 0 Å². The molecule has 1 aliphatic rings. The predicted molar refractivity (Wildman–Crippen MR) is 83.2 cm³/mol. The van der Waals surface area contributed by atoms with Crippen LogP contribution in [0.15, 0.2) is 29.6 Å². The van der Waals surface area contributed by atoms with Crippen molar-refractivity contribution in [2.45, 2.75) is 49.7 Å². The Morgan fingerprint density at radius 1 is 1.15 bits per heavy atom. The Bertz CT molecular complexity index is 531. The quantitative estimate of drug-likeness (QED) is 0.522. The van der Waals surface area contributed by atoms with Gasteiger partial charge in [0.1, 0.15) is 0 Å². The van der Waals surface area contributed by atoms with Crippen LogP contribution in [-0.2, 0) is 0 Å². The Morgan fingerprint density at radius 3 is 2.85 bits per heavy atom. The van der Waals surface area contributed by atoms with Gasteiger partial charge < -0.3 is 5.32 Å². The Labute approximate surface area is 124 Å². The molecule has 0 atom stereocenters. The first-order chi connectivity index (χ1) is 9.93. The van der Waals surface area contributed by atoms with E-state index in [-0.39, 0.29) is 0 Å². The SMILES string of the molecule is c1ccn2c(SCCNC3CCCCCC3)nnc2c1. The lowest BCUT2D eigenvalue weighted by Crippen LogP contribution is -2.30. The highest BCUT2D eigenvalue weighted by Gasteiger charge is 2.11. The van der Waals surface area contributed by atoms with Gasteiger partial charge >= 0.3 is 0 Å². The van der Waals surface area contributed by atoms with Gasteiger partial charge in [-0.05, 0) is 25.0 Å². The molecule has 0 spiro atoms. The summed E-state index contributed by atoms with van der Waals surface area (Å²) in [4.78, 5) is 0. The first kappa shape index (κ1) is 13.9. The molecule has 0 radical (unpaired) electrons. The summed E-state index contributed by atoms with van der Waals surface area (Å²) in [7, 11) is 0. The van der Waals surface area contributed by atoms with Gasteiger partial charge in [0.15, 0.2) is 10.8 Å². The Balaban J connectivity index is 1.45. The maximum Gasteiger partial charge on any atom is 0.195 e. The Hall–Kier alpha value is -1.07. The van der Waals surface area contributed by atoms with E-state index in [4.69, 9.17) is 0 Å². The van der Waals surface area contributed by atoms with Gasteiger partial charge in [-0.3, -0.25) is 4.40 Å².